The van der Waals surface area contributed by atoms with Gasteiger partial charge in [0.05, 0.1) is 6.61 Å². The second-order valence-corrected chi connectivity index (χ2v) is 4.85. The molecule has 1 N–H and O–H groups in total. The van der Waals surface area contributed by atoms with Gasteiger partial charge in [0.1, 0.15) is 0 Å². The summed E-state index contributed by atoms with van der Waals surface area (Å²) >= 11 is 0. The van der Waals surface area contributed by atoms with Gasteiger partial charge in [0.15, 0.2) is 0 Å². The summed E-state index contributed by atoms with van der Waals surface area (Å²) < 4.78 is 5.70. The first-order chi connectivity index (χ1) is 7.70. The topological polar surface area (TPSA) is 21.3 Å². The average Bonchev–Trinajstić information content (AvgIpc) is 2.67. The lowest BCUT2D eigenvalue weighted by molar-refractivity contribution is 0.0784. The Morgan fingerprint density at radius 1 is 1.38 bits per heavy atom. The van der Waals surface area contributed by atoms with Crippen molar-refractivity contribution in [2.45, 2.75) is 26.2 Å². The molecule has 1 atom stereocenters. The lowest BCUT2D eigenvalue weighted by Gasteiger charge is -2.33. The van der Waals surface area contributed by atoms with Crippen LogP contribution in [0.25, 0.3) is 0 Å². The quantitative estimate of drug-likeness (QED) is 0.840. The summed E-state index contributed by atoms with van der Waals surface area (Å²) in [5, 5.41) is 3.50. The molecule has 0 aliphatic carbocycles. The number of para-hydroxylation sites is 1. The summed E-state index contributed by atoms with van der Waals surface area (Å²) in [4.78, 5) is 0. The molecule has 0 radical (unpaired) electrons. The second-order valence-electron chi connectivity index (χ2n) is 4.85. The highest BCUT2D eigenvalue weighted by Crippen LogP contribution is 2.42. The molecule has 2 rings (SSSR count). The number of rotatable bonds is 4. The molecule has 1 aliphatic rings. The lowest BCUT2D eigenvalue weighted by Crippen LogP contribution is -2.39. The van der Waals surface area contributed by atoms with Crippen LogP contribution in [0.3, 0.4) is 0 Å². The highest BCUT2D eigenvalue weighted by molar-refractivity contribution is 5.60. The molecule has 0 spiro atoms. The van der Waals surface area contributed by atoms with E-state index < -0.39 is 0 Å². The Morgan fingerprint density at radius 3 is 2.81 bits per heavy atom. The molecule has 0 fully saturated rings. The fraction of sp³-hybridized carbons (Fsp3) is 0.571. The Bertz CT molecular complexity index is 362. The van der Waals surface area contributed by atoms with E-state index in [1.807, 2.05) is 0 Å². The molecule has 1 heterocycles. The first-order valence-electron chi connectivity index (χ1n) is 6.12. The summed E-state index contributed by atoms with van der Waals surface area (Å²) in [5.41, 5.74) is 2.83. The highest BCUT2D eigenvalue weighted by Gasteiger charge is 2.41. The average molecular weight is 219 g/mol. The van der Waals surface area contributed by atoms with Crippen molar-refractivity contribution in [3.63, 3.8) is 0 Å². The van der Waals surface area contributed by atoms with E-state index in [0.29, 0.717) is 5.92 Å². The number of nitrogens with one attached hydrogen (secondary N) is 1. The van der Waals surface area contributed by atoms with Crippen LogP contribution in [0.15, 0.2) is 24.3 Å². The summed E-state index contributed by atoms with van der Waals surface area (Å²) in [6, 6.07) is 8.59. The van der Waals surface area contributed by atoms with Gasteiger partial charge in [-0.2, -0.15) is 0 Å². The maximum atomic E-state index is 5.70. The maximum absolute atomic E-state index is 5.70. The molecule has 2 nitrogen and oxygen atoms in total. The lowest BCUT2D eigenvalue weighted by atomic mass is 9.74. The Morgan fingerprint density at radius 2 is 2.12 bits per heavy atom. The fourth-order valence-electron chi connectivity index (χ4n) is 2.51. The van der Waals surface area contributed by atoms with E-state index in [1.54, 1.807) is 0 Å². The van der Waals surface area contributed by atoms with Gasteiger partial charge < -0.3 is 10.1 Å². The fourth-order valence-corrected chi connectivity index (χ4v) is 2.51. The van der Waals surface area contributed by atoms with Gasteiger partial charge in [-0.1, -0.05) is 32.0 Å². The normalized spacial score (nSPS) is 23.2. The van der Waals surface area contributed by atoms with Gasteiger partial charge in [0.25, 0.3) is 0 Å². The summed E-state index contributed by atoms with van der Waals surface area (Å²) in [6.07, 6.45) is 0. The predicted octanol–water partition coefficient (Wildman–Crippen LogP) is 3.04. The van der Waals surface area contributed by atoms with Gasteiger partial charge >= 0.3 is 0 Å². The van der Waals surface area contributed by atoms with Crippen LogP contribution < -0.4 is 5.32 Å². The molecule has 0 amide bonds. The molecule has 0 saturated heterocycles. The molecular formula is C14H21NO. The Balaban J connectivity index is 2.35. The van der Waals surface area contributed by atoms with Crippen LogP contribution >= 0.6 is 0 Å². The van der Waals surface area contributed by atoms with E-state index >= 15 is 0 Å². The van der Waals surface area contributed by atoms with E-state index in [2.05, 4.69) is 50.4 Å². The van der Waals surface area contributed by atoms with Gasteiger partial charge in [-0.05, 0) is 24.5 Å². The van der Waals surface area contributed by atoms with E-state index in [1.165, 1.54) is 11.3 Å². The van der Waals surface area contributed by atoms with Crippen molar-refractivity contribution in [3.8, 4) is 0 Å². The van der Waals surface area contributed by atoms with Crippen molar-refractivity contribution < 1.29 is 4.74 Å². The molecule has 1 aromatic carbocycles. The Labute approximate surface area is 98.0 Å². The number of hydrogen-bond acceptors (Lipinski definition) is 2. The predicted molar refractivity (Wildman–Crippen MR) is 67.9 cm³/mol. The monoisotopic (exact) mass is 219 g/mol. The molecule has 2 heteroatoms. The molecule has 0 bridgehead atoms. The molecule has 16 heavy (non-hydrogen) atoms. The van der Waals surface area contributed by atoms with Crippen molar-refractivity contribution in [1.29, 1.82) is 0 Å². The number of hydrogen-bond donors (Lipinski definition) is 1. The molecule has 1 aromatic rings. The molecule has 1 aliphatic heterocycles. The minimum absolute atomic E-state index is 0.145. The third-order valence-corrected chi connectivity index (χ3v) is 3.73. The zero-order valence-corrected chi connectivity index (χ0v) is 10.4. The van der Waals surface area contributed by atoms with Gasteiger partial charge in [-0.3, -0.25) is 0 Å². The minimum atomic E-state index is 0.145. The van der Waals surface area contributed by atoms with Crippen LogP contribution in [-0.2, 0) is 10.2 Å². The van der Waals surface area contributed by atoms with Crippen LogP contribution in [0.1, 0.15) is 26.3 Å². The zero-order chi connectivity index (χ0) is 11.6. The van der Waals surface area contributed by atoms with Crippen molar-refractivity contribution >= 4 is 5.69 Å². The SMILES string of the molecule is CCOCC1(C(C)C)CNc2ccccc21. The molecule has 88 valence electrons. The van der Waals surface area contributed by atoms with Gasteiger partial charge in [-0.15, -0.1) is 0 Å². The maximum Gasteiger partial charge on any atom is 0.0583 e. The number of anilines is 1. The first kappa shape index (κ1) is 11.5. The largest absolute Gasteiger partial charge is 0.384 e. The third-order valence-electron chi connectivity index (χ3n) is 3.73. The van der Waals surface area contributed by atoms with Crippen molar-refractivity contribution in [3.05, 3.63) is 29.8 Å². The third kappa shape index (κ3) is 1.71. The number of benzene rings is 1. The van der Waals surface area contributed by atoms with Gasteiger partial charge in [-0.25, -0.2) is 0 Å². The molecule has 1 unspecified atom stereocenters. The van der Waals surface area contributed by atoms with E-state index in [-0.39, 0.29) is 5.41 Å². The Hall–Kier alpha value is -1.02. The van der Waals surface area contributed by atoms with Crippen LogP contribution in [0, 0.1) is 5.92 Å². The first-order valence-corrected chi connectivity index (χ1v) is 6.12. The summed E-state index contributed by atoms with van der Waals surface area (Å²) in [6.45, 7) is 9.21. The van der Waals surface area contributed by atoms with Crippen LogP contribution in [0.4, 0.5) is 5.69 Å². The van der Waals surface area contributed by atoms with Crippen molar-refractivity contribution in [2.75, 3.05) is 25.1 Å². The van der Waals surface area contributed by atoms with Crippen LogP contribution in [-0.4, -0.2) is 19.8 Å². The summed E-state index contributed by atoms with van der Waals surface area (Å²) in [5.74, 6) is 0.579. The van der Waals surface area contributed by atoms with E-state index in [4.69, 9.17) is 4.74 Å². The molecule has 0 aromatic heterocycles. The van der Waals surface area contributed by atoms with Crippen LogP contribution in [0.5, 0.6) is 0 Å². The smallest absolute Gasteiger partial charge is 0.0583 e. The van der Waals surface area contributed by atoms with Crippen molar-refractivity contribution in [1.82, 2.24) is 0 Å². The molecule has 0 saturated carbocycles. The second kappa shape index (κ2) is 4.46. The summed E-state index contributed by atoms with van der Waals surface area (Å²) in [7, 11) is 0. The number of fused-ring (bicyclic) bond motifs is 1. The van der Waals surface area contributed by atoms with E-state index in [9.17, 15) is 0 Å². The van der Waals surface area contributed by atoms with Crippen LogP contribution in [0.2, 0.25) is 0 Å². The Kier molecular flexibility index (Phi) is 3.20. The molecular weight excluding hydrogens is 198 g/mol. The van der Waals surface area contributed by atoms with E-state index in [0.717, 1.165) is 19.8 Å². The van der Waals surface area contributed by atoms with Crippen molar-refractivity contribution in [2.24, 2.45) is 5.92 Å². The standard InChI is InChI=1S/C14H21NO/c1-4-16-10-14(11(2)3)9-15-13-8-6-5-7-12(13)14/h5-8,11,15H,4,9-10H2,1-3H3. The van der Waals surface area contributed by atoms with Gasteiger partial charge in [0, 0.05) is 24.3 Å². The minimum Gasteiger partial charge on any atom is -0.384 e. The van der Waals surface area contributed by atoms with Gasteiger partial charge in [0.2, 0.25) is 0 Å². The zero-order valence-electron chi connectivity index (χ0n) is 10.4. The number of ether oxygens (including phenoxy) is 1. The highest BCUT2D eigenvalue weighted by atomic mass is 16.5.